The van der Waals surface area contributed by atoms with Gasteiger partial charge in [-0.05, 0) is 53.4 Å². The number of rotatable bonds is 5. The maximum Gasteiger partial charge on any atom is 0.225 e. The summed E-state index contributed by atoms with van der Waals surface area (Å²) in [5, 5.41) is 2.78. The minimum absolute atomic E-state index is 0.0143. The quantitative estimate of drug-likeness (QED) is 0.877. The predicted molar refractivity (Wildman–Crippen MR) is 72.8 cm³/mol. The van der Waals surface area contributed by atoms with E-state index in [1.54, 1.807) is 6.20 Å². The van der Waals surface area contributed by atoms with Crippen LogP contribution in [0.1, 0.15) is 25.3 Å². The summed E-state index contributed by atoms with van der Waals surface area (Å²) in [4.78, 5) is 15.7. The Balaban J connectivity index is 2.48. The zero-order valence-corrected chi connectivity index (χ0v) is 11.8. The number of carbonyl (C=O) groups excluding carboxylic acids is 1. The number of pyridine rings is 1. The van der Waals surface area contributed by atoms with E-state index in [-0.39, 0.29) is 5.91 Å². The largest absolute Gasteiger partial charge is 0.330 e. The highest BCUT2D eigenvalue weighted by molar-refractivity contribution is 9.10. The molecular weight excluding hydrogens is 282 g/mol. The molecule has 1 amide bonds. The highest BCUT2D eigenvalue weighted by atomic mass is 79.9. The van der Waals surface area contributed by atoms with Crippen molar-refractivity contribution in [1.82, 2.24) is 4.98 Å². The Labute approximate surface area is 110 Å². The second-order valence-corrected chi connectivity index (χ2v) is 5.10. The SMILES string of the molecule is Cc1cc(NC(=O)CCC(C)CN)ncc1Br. The van der Waals surface area contributed by atoms with Gasteiger partial charge in [0.1, 0.15) is 5.82 Å². The van der Waals surface area contributed by atoms with E-state index in [2.05, 4.69) is 26.2 Å². The molecule has 1 unspecified atom stereocenters. The fraction of sp³-hybridized carbons (Fsp3) is 0.500. The van der Waals surface area contributed by atoms with E-state index in [0.717, 1.165) is 16.5 Å². The zero-order chi connectivity index (χ0) is 12.8. The molecular formula is C12H18BrN3O. The number of nitrogens with two attached hydrogens (primary N) is 1. The second kappa shape index (κ2) is 6.71. The smallest absolute Gasteiger partial charge is 0.225 e. The van der Waals surface area contributed by atoms with Crippen molar-refractivity contribution in [3.63, 3.8) is 0 Å². The predicted octanol–water partition coefficient (Wildman–Crippen LogP) is 2.47. The molecule has 0 saturated heterocycles. The minimum Gasteiger partial charge on any atom is -0.330 e. The molecule has 0 aliphatic rings. The normalized spacial score (nSPS) is 12.2. The Bertz CT molecular complexity index is 395. The summed E-state index contributed by atoms with van der Waals surface area (Å²) in [7, 11) is 0. The summed E-state index contributed by atoms with van der Waals surface area (Å²) in [5.41, 5.74) is 6.54. The summed E-state index contributed by atoms with van der Waals surface area (Å²) in [5.74, 6) is 0.955. The van der Waals surface area contributed by atoms with Crippen molar-refractivity contribution in [2.45, 2.75) is 26.7 Å². The van der Waals surface area contributed by atoms with Crippen LogP contribution in [0.15, 0.2) is 16.7 Å². The molecule has 0 radical (unpaired) electrons. The van der Waals surface area contributed by atoms with Gasteiger partial charge in [-0.1, -0.05) is 6.92 Å². The molecule has 0 bridgehead atoms. The number of halogens is 1. The molecule has 1 aromatic rings. The average Bonchev–Trinajstić information content (AvgIpc) is 2.31. The highest BCUT2D eigenvalue weighted by Crippen LogP contribution is 2.17. The first-order chi connectivity index (χ1) is 8.02. The minimum atomic E-state index is -0.0143. The maximum atomic E-state index is 11.6. The van der Waals surface area contributed by atoms with Crippen LogP contribution in [0.4, 0.5) is 5.82 Å². The monoisotopic (exact) mass is 299 g/mol. The lowest BCUT2D eigenvalue weighted by Crippen LogP contribution is -2.16. The van der Waals surface area contributed by atoms with Gasteiger partial charge in [0.05, 0.1) is 0 Å². The van der Waals surface area contributed by atoms with Crippen molar-refractivity contribution >= 4 is 27.7 Å². The Morgan fingerprint density at radius 3 is 2.94 bits per heavy atom. The fourth-order valence-corrected chi connectivity index (χ4v) is 1.53. The van der Waals surface area contributed by atoms with Crippen LogP contribution < -0.4 is 11.1 Å². The lowest BCUT2D eigenvalue weighted by molar-refractivity contribution is -0.116. The lowest BCUT2D eigenvalue weighted by atomic mass is 10.1. The van der Waals surface area contributed by atoms with Gasteiger partial charge in [0.25, 0.3) is 0 Å². The molecule has 1 rings (SSSR count). The number of nitrogens with one attached hydrogen (secondary N) is 1. The third-order valence-corrected chi connectivity index (χ3v) is 3.41. The van der Waals surface area contributed by atoms with Crippen molar-refractivity contribution in [2.75, 3.05) is 11.9 Å². The number of nitrogens with zero attached hydrogens (tertiary/aromatic N) is 1. The van der Waals surface area contributed by atoms with Crippen LogP contribution in [-0.4, -0.2) is 17.4 Å². The van der Waals surface area contributed by atoms with Crippen LogP contribution in [0.2, 0.25) is 0 Å². The van der Waals surface area contributed by atoms with Crippen molar-refractivity contribution in [3.8, 4) is 0 Å². The van der Waals surface area contributed by atoms with Gasteiger partial charge in [0, 0.05) is 17.1 Å². The van der Waals surface area contributed by atoms with E-state index >= 15 is 0 Å². The van der Waals surface area contributed by atoms with Gasteiger partial charge in [0.2, 0.25) is 5.91 Å². The van der Waals surface area contributed by atoms with E-state index in [1.165, 1.54) is 0 Å². The number of amides is 1. The molecule has 17 heavy (non-hydrogen) atoms. The number of hydrogen-bond acceptors (Lipinski definition) is 3. The van der Waals surface area contributed by atoms with Gasteiger partial charge in [-0.3, -0.25) is 4.79 Å². The van der Waals surface area contributed by atoms with Gasteiger partial charge < -0.3 is 11.1 Å². The van der Waals surface area contributed by atoms with Gasteiger partial charge in [0.15, 0.2) is 0 Å². The van der Waals surface area contributed by atoms with Gasteiger partial charge in [-0.15, -0.1) is 0 Å². The molecule has 3 N–H and O–H groups in total. The Morgan fingerprint density at radius 2 is 2.35 bits per heavy atom. The summed E-state index contributed by atoms with van der Waals surface area (Å²) in [6.45, 7) is 4.61. The van der Waals surface area contributed by atoms with Gasteiger partial charge in [-0.25, -0.2) is 4.98 Å². The number of anilines is 1. The summed E-state index contributed by atoms with van der Waals surface area (Å²) in [6.07, 6.45) is 2.97. The van der Waals surface area contributed by atoms with Gasteiger partial charge in [-0.2, -0.15) is 0 Å². The van der Waals surface area contributed by atoms with Gasteiger partial charge >= 0.3 is 0 Å². The highest BCUT2D eigenvalue weighted by Gasteiger charge is 2.07. The molecule has 4 nitrogen and oxygen atoms in total. The van der Waals surface area contributed by atoms with Crippen LogP contribution in [0.3, 0.4) is 0 Å². The lowest BCUT2D eigenvalue weighted by Gasteiger charge is -2.09. The molecule has 1 atom stereocenters. The third-order valence-electron chi connectivity index (χ3n) is 2.58. The standard InChI is InChI=1S/C12H18BrN3O/c1-8(6-14)3-4-12(17)16-11-5-9(2)10(13)7-15-11/h5,7-8H,3-4,6,14H2,1-2H3,(H,15,16,17). The van der Waals surface area contributed by atoms with Crippen LogP contribution in [0.25, 0.3) is 0 Å². The summed E-state index contributed by atoms with van der Waals surface area (Å²) >= 11 is 3.37. The molecule has 0 spiro atoms. The molecule has 5 heteroatoms. The first kappa shape index (κ1) is 14.1. The topological polar surface area (TPSA) is 68.0 Å². The van der Waals surface area contributed by atoms with E-state index in [4.69, 9.17) is 5.73 Å². The van der Waals surface area contributed by atoms with E-state index in [9.17, 15) is 4.79 Å². The molecule has 0 fully saturated rings. The van der Waals surface area contributed by atoms with Crippen molar-refractivity contribution in [2.24, 2.45) is 11.7 Å². The molecule has 0 aliphatic heterocycles. The van der Waals surface area contributed by atoms with E-state index in [0.29, 0.717) is 24.7 Å². The number of aryl methyl sites for hydroxylation is 1. The molecule has 0 aromatic carbocycles. The first-order valence-corrected chi connectivity index (χ1v) is 6.44. The summed E-state index contributed by atoms with van der Waals surface area (Å²) in [6, 6.07) is 1.84. The fourth-order valence-electron chi connectivity index (χ4n) is 1.31. The van der Waals surface area contributed by atoms with Crippen LogP contribution in [-0.2, 0) is 4.79 Å². The van der Waals surface area contributed by atoms with Crippen LogP contribution >= 0.6 is 15.9 Å². The third kappa shape index (κ3) is 4.83. The van der Waals surface area contributed by atoms with Crippen LogP contribution in [0, 0.1) is 12.8 Å². The van der Waals surface area contributed by atoms with E-state index in [1.807, 2.05) is 19.9 Å². The molecule has 0 saturated carbocycles. The zero-order valence-electron chi connectivity index (χ0n) is 10.2. The molecule has 0 aliphatic carbocycles. The Kier molecular flexibility index (Phi) is 5.58. The van der Waals surface area contributed by atoms with E-state index < -0.39 is 0 Å². The second-order valence-electron chi connectivity index (χ2n) is 4.25. The first-order valence-electron chi connectivity index (χ1n) is 5.65. The van der Waals surface area contributed by atoms with Crippen LogP contribution in [0.5, 0.6) is 0 Å². The molecule has 1 heterocycles. The van der Waals surface area contributed by atoms with Crippen molar-refractivity contribution in [1.29, 1.82) is 0 Å². The number of carbonyl (C=O) groups is 1. The number of aromatic nitrogens is 1. The van der Waals surface area contributed by atoms with Crippen molar-refractivity contribution in [3.05, 3.63) is 22.3 Å². The summed E-state index contributed by atoms with van der Waals surface area (Å²) < 4.78 is 0.937. The van der Waals surface area contributed by atoms with Crippen molar-refractivity contribution < 1.29 is 4.79 Å². The molecule has 1 aromatic heterocycles. The average molecular weight is 300 g/mol. The number of hydrogen-bond donors (Lipinski definition) is 2. The Morgan fingerprint density at radius 1 is 1.65 bits per heavy atom. The Hall–Kier alpha value is -0.940. The maximum absolute atomic E-state index is 11.6. The molecule has 94 valence electrons.